The number of amides is 1. The molecule has 2 aromatic carbocycles. The van der Waals surface area contributed by atoms with Crippen molar-refractivity contribution in [1.82, 2.24) is 4.90 Å². The zero-order valence-electron chi connectivity index (χ0n) is 17.4. The Morgan fingerprint density at radius 1 is 1.10 bits per heavy atom. The van der Waals surface area contributed by atoms with Crippen LogP contribution in [0, 0.1) is 10.1 Å². The van der Waals surface area contributed by atoms with Gasteiger partial charge in [0.05, 0.1) is 24.7 Å². The van der Waals surface area contributed by atoms with Crippen LogP contribution in [0.25, 0.3) is 0 Å². The summed E-state index contributed by atoms with van der Waals surface area (Å²) < 4.78 is 15.7. The van der Waals surface area contributed by atoms with Gasteiger partial charge in [0.15, 0.2) is 11.5 Å². The van der Waals surface area contributed by atoms with Gasteiger partial charge in [-0.2, -0.15) is 0 Å². The Kier molecular flexibility index (Phi) is 7.54. The van der Waals surface area contributed by atoms with E-state index in [1.807, 2.05) is 18.2 Å². The minimum absolute atomic E-state index is 0.0304. The molecular weight excluding hydrogens is 426 g/mol. The van der Waals surface area contributed by atoms with Crippen LogP contribution in [-0.2, 0) is 4.74 Å². The fraction of sp³-hybridized carbons (Fsp3) is 0.381. The van der Waals surface area contributed by atoms with E-state index in [-0.39, 0.29) is 29.4 Å². The van der Waals surface area contributed by atoms with E-state index in [0.29, 0.717) is 37.8 Å². The van der Waals surface area contributed by atoms with Crippen molar-refractivity contribution in [1.29, 1.82) is 0 Å². The molecule has 0 bridgehead atoms. The van der Waals surface area contributed by atoms with E-state index in [2.05, 4.69) is 4.90 Å². The highest BCUT2D eigenvalue weighted by molar-refractivity contribution is 6.30. The number of halogens is 1. The highest BCUT2D eigenvalue weighted by Crippen LogP contribution is 2.35. The minimum atomic E-state index is -0.585. The van der Waals surface area contributed by atoms with E-state index in [4.69, 9.17) is 25.8 Å². The van der Waals surface area contributed by atoms with Crippen molar-refractivity contribution in [3.05, 3.63) is 57.1 Å². The monoisotopic (exact) mass is 449 g/mol. The van der Waals surface area contributed by atoms with Crippen molar-refractivity contribution in [2.24, 2.45) is 0 Å². The van der Waals surface area contributed by atoms with E-state index in [1.54, 1.807) is 11.0 Å². The van der Waals surface area contributed by atoms with Crippen LogP contribution in [-0.4, -0.2) is 69.3 Å². The second kappa shape index (κ2) is 10.3. The molecule has 31 heavy (non-hydrogen) atoms. The lowest BCUT2D eigenvalue weighted by Crippen LogP contribution is -2.48. The van der Waals surface area contributed by atoms with Crippen LogP contribution in [0.3, 0.4) is 0 Å². The lowest BCUT2D eigenvalue weighted by molar-refractivity contribution is -0.385. The fourth-order valence-corrected chi connectivity index (χ4v) is 3.57. The molecular formula is C21H24ClN3O6. The summed E-state index contributed by atoms with van der Waals surface area (Å²) in [6.07, 6.45) is 0. The Bertz CT molecular complexity index is 947. The largest absolute Gasteiger partial charge is 0.493 e. The molecule has 1 fully saturated rings. The minimum Gasteiger partial charge on any atom is -0.493 e. The number of nitro benzene ring substituents is 1. The maximum Gasteiger partial charge on any atom is 0.286 e. The van der Waals surface area contributed by atoms with E-state index >= 15 is 0 Å². The topological polar surface area (TPSA) is 94.4 Å². The van der Waals surface area contributed by atoms with Gasteiger partial charge >= 0.3 is 0 Å². The molecule has 0 spiro atoms. The van der Waals surface area contributed by atoms with Crippen molar-refractivity contribution in [3.8, 4) is 11.5 Å². The number of carbonyl (C=O) groups excluding carboxylic acids is 1. The summed E-state index contributed by atoms with van der Waals surface area (Å²) in [5.74, 6) is 0.0235. The van der Waals surface area contributed by atoms with E-state index in [0.717, 1.165) is 5.69 Å². The Labute approximate surface area is 185 Å². The zero-order chi connectivity index (χ0) is 22.4. The van der Waals surface area contributed by atoms with Crippen molar-refractivity contribution in [2.45, 2.75) is 0 Å². The standard InChI is InChI=1S/C21H24ClN3O6/c1-29-10-11-31-20-14-18(25(27)28)17(13-19(20)30-2)21(26)24-8-6-23(7-9-24)16-5-3-4-15(22)12-16/h3-5,12-14H,6-11H2,1-2H3. The Morgan fingerprint density at radius 2 is 1.84 bits per heavy atom. The predicted molar refractivity (Wildman–Crippen MR) is 117 cm³/mol. The molecule has 1 aliphatic rings. The highest BCUT2D eigenvalue weighted by Gasteiger charge is 2.30. The summed E-state index contributed by atoms with van der Waals surface area (Å²) in [6, 6.07) is 10.1. The molecule has 0 aromatic heterocycles. The highest BCUT2D eigenvalue weighted by atomic mass is 35.5. The van der Waals surface area contributed by atoms with Crippen LogP contribution in [0.1, 0.15) is 10.4 Å². The maximum atomic E-state index is 13.1. The summed E-state index contributed by atoms with van der Waals surface area (Å²) in [4.78, 5) is 27.9. The first kappa shape index (κ1) is 22.6. The number of hydrogen-bond donors (Lipinski definition) is 0. The van der Waals surface area contributed by atoms with Crippen LogP contribution in [0.2, 0.25) is 5.02 Å². The van der Waals surface area contributed by atoms with Gasteiger partial charge < -0.3 is 24.0 Å². The second-order valence-corrected chi connectivity index (χ2v) is 7.31. The number of ether oxygens (including phenoxy) is 3. The van der Waals surface area contributed by atoms with Gasteiger partial charge in [-0.05, 0) is 18.2 Å². The maximum absolute atomic E-state index is 13.1. The average Bonchev–Trinajstić information content (AvgIpc) is 2.78. The Balaban J connectivity index is 1.78. The average molecular weight is 450 g/mol. The molecule has 9 nitrogen and oxygen atoms in total. The number of rotatable bonds is 8. The molecule has 3 rings (SSSR count). The van der Waals surface area contributed by atoms with E-state index in [9.17, 15) is 14.9 Å². The lowest BCUT2D eigenvalue weighted by Gasteiger charge is -2.36. The number of anilines is 1. The molecule has 0 unspecified atom stereocenters. The number of nitro groups is 1. The van der Waals surface area contributed by atoms with Crippen LogP contribution in [0.5, 0.6) is 11.5 Å². The lowest BCUT2D eigenvalue weighted by atomic mass is 10.1. The normalized spacial score (nSPS) is 13.8. The first-order valence-electron chi connectivity index (χ1n) is 9.72. The van der Waals surface area contributed by atoms with Crippen LogP contribution in [0.15, 0.2) is 36.4 Å². The van der Waals surface area contributed by atoms with Gasteiger partial charge in [0.2, 0.25) is 0 Å². The third-order valence-corrected chi connectivity index (χ3v) is 5.23. The molecule has 0 N–H and O–H groups in total. The van der Waals surface area contributed by atoms with Crippen molar-refractivity contribution < 1.29 is 23.9 Å². The molecule has 166 valence electrons. The van der Waals surface area contributed by atoms with Crippen molar-refractivity contribution in [3.63, 3.8) is 0 Å². The number of methoxy groups -OCH3 is 2. The third kappa shape index (κ3) is 5.36. The fourth-order valence-electron chi connectivity index (χ4n) is 3.39. The number of piperazine rings is 1. The summed E-state index contributed by atoms with van der Waals surface area (Å²) >= 11 is 6.07. The van der Waals surface area contributed by atoms with Gasteiger partial charge in [0.25, 0.3) is 11.6 Å². The quantitative estimate of drug-likeness (QED) is 0.347. The van der Waals surface area contributed by atoms with Crippen molar-refractivity contribution in [2.75, 3.05) is 58.5 Å². The molecule has 0 radical (unpaired) electrons. The summed E-state index contributed by atoms with van der Waals surface area (Å²) in [6.45, 7) is 2.55. The van der Waals surface area contributed by atoms with E-state index in [1.165, 1.54) is 26.4 Å². The molecule has 0 aliphatic carbocycles. The van der Waals surface area contributed by atoms with Gasteiger partial charge in [-0.3, -0.25) is 14.9 Å². The van der Waals surface area contributed by atoms with Crippen LogP contribution >= 0.6 is 11.6 Å². The summed E-state index contributed by atoms with van der Waals surface area (Å²) in [5, 5.41) is 12.3. The molecule has 2 aromatic rings. The van der Waals surface area contributed by atoms with E-state index < -0.39 is 10.8 Å². The van der Waals surface area contributed by atoms with Gasteiger partial charge in [0.1, 0.15) is 12.2 Å². The van der Waals surface area contributed by atoms with Crippen molar-refractivity contribution >= 4 is 28.9 Å². The number of hydrogen-bond acceptors (Lipinski definition) is 7. The second-order valence-electron chi connectivity index (χ2n) is 6.88. The number of benzene rings is 2. The molecule has 1 amide bonds. The van der Waals surface area contributed by atoms with Gasteiger partial charge in [-0.25, -0.2) is 0 Å². The zero-order valence-corrected chi connectivity index (χ0v) is 18.1. The number of carbonyl (C=O) groups is 1. The summed E-state index contributed by atoms with van der Waals surface area (Å²) in [5.41, 5.74) is 0.623. The third-order valence-electron chi connectivity index (χ3n) is 4.99. The first-order valence-corrected chi connectivity index (χ1v) is 10.1. The molecule has 0 atom stereocenters. The molecule has 10 heteroatoms. The Hall–Kier alpha value is -3.04. The molecule has 1 saturated heterocycles. The smallest absolute Gasteiger partial charge is 0.286 e. The van der Waals surface area contributed by atoms with Gasteiger partial charge in [-0.1, -0.05) is 17.7 Å². The SMILES string of the molecule is COCCOc1cc([N+](=O)[O-])c(C(=O)N2CCN(c3cccc(Cl)c3)CC2)cc1OC. The molecule has 0 saturated carbocycles. The van der Waals surface area contributed by atoms with Crippen LogP contribution in [0.4, 0.5) is 11.4 Å². The van der Waals surface area contributed by atoms with Gasteiger partial charge in [-0.15, -0.1) is 0 Å². The first-order chi connectivity index (χ1) is 14.9. The number of nitrogens with zero attached hydrogens (tertiary/aromatic N) is 3. The van der Waals surface area contributed by atoms with Crippen LogP contribution < -0.4 is 14.4 Å². The molecule has 1 heterocycles. The predicted octanol–water partition coefficient (Wildman–Crippen LogP) is 3.24. The van der Waals surface area contributed by atoms with Gasteiger partial charge in [0, 0.05) is 50.1 Å². The summed E-state index contributed by atoms with van der Waals surface area (Å²) in [7, 11) is 2.94. The molecule has 1 aliphatic heterocycles. The Morgan fingerprint density at radius 3 is 2.45 bits per heavy atom.